The lowest BCUT2D eigenvalue weighted by Crippen LogP contribution is -2.48. The van der Waals surface area contributed by atoms with Crippen LogP contribution in [0.5, 0.6) is 5.75 Å². The van der Waals surface area contributed by atoms with E-state index in [1.165, 1.54) is 11.3 Å². The molecule has 0 aliphatic carbocycles. The number of nitrogens with zero attached hydrogens (tertiary/aromatic N) is 2. The molecule has 1 amide bonds. The van der Waals surface area contributed by atoms with Crippen molar-refractivity contribution < 1.29 is 19.1 Å². The minimum Gasteiger partial charge on any atom is -0.497 e. The largest absolute Gasteiger partial charge is 0.497 e. The van der Waals surface area contributed by atoms with E-state index in [1.54, 1.807) is 7.11 Å². The van der Waals surface area contributed by atoms with E-state index in [2.05, 4.69) is 4.90 Å². The van der Waals surface area contributed by atoms with E-state index in [4.69, 9.17) is 4.74 Å². The normalized spacial score (nSPS) is 13.9. The highest BCUT2D eigenvalue weighted by Crippen LogP contribution is 2.21. The third kappa shape index (κ3) is 5.92. The third-order valence-electron chi connectivity index (χ3n) is 5.33. The van der Waals surface area contributed by atoms with Crippen LogP contribution in [0.15, 0.2) is 36.4 Å². The smallest absolute Gasteiger partial charge is 0.223 e. The zero-order valence-electron chi connectivity index (χ0n) is 17.6. The van der Waals surface area contributed by atoms with Crippen LogP contribution in [-0.2, 0) is 9.59 Å². The Labute approximate surface area is 181 Å². The van der Waals surface area contributed by atoms with Gasteiger partial charge in [-0.2, -0.15) is 0 Å². The predicted molar refractivity (Wildman–Crippen MR) is 119 cm³/mol. The first-order valence-electron chi connectivity index (χ1n) is 10.2. The number of rotatable bonds is 9. The number of benzene rings is 1. The van der Waals surface area contributed by atoms with Crippen LogP contribution in [0.3, 0.4) is 0 Å². The number of piperazine rings is 1. The van der Waals surface area contributed by atoms with Gasteiger partial charge in [-0.05, 0) is 43.3 Å². The van der Waals surface area contributed by atoms with E-state index >= 15 is 0 Å². The number of amides is 1. The number of ether oxygens (including phenoxy) is 1. The van der Waals surface area contributed by atoms with Gasteiger partial charge in [0.15, 0.2) is 5.78 Å². The second-order valence-corrected chi connectivity index (χ2v) is 8.73. The van der Waals surface area contributed by atoms with Crippen molar-refractivity contribution in [3.63, 3.8) is 0 Å². The summed E-state index contributed by atoms with van der Waals surface area (Å²) in [5, 5.41) is 0. The fourth-order valence-corrected chi connectivity index (χ4v) is 4.33. The zero-order valence-corrected chi connectivity index (χ0v) is 18.4. The highest BCUT2D eigenvalue weighted by Gasteiger charge is 2.22. The number of carbonyl (C=O) groups is 3. The van der Waals surface area contributed by atoms with E-state index < -0.39 is 0 Å². The average Bonchev–Trinajstić information content (AvgIpc) is 3.22. The topological polar surface area (TPSA) is 66.9 Å². The first kappa shape index (κ1) is 22.0. The van der Waals surface area contributed by atoms with Crippen molar-refractivity contribution >= 4 is 34.5 Å². The maximum Gasteiger partial charge on any atom is 0.223 e. The average molecular weight is 429 g/mol. The summed E-state index contributed by atoms with van der Waals surface area (Å²) in [5.74, 6) is 0.812. The molecule has 2 aromatic rings. The fourth-order valence-electron chi connectivity index (χ4n) is 3.50. The highest BCUT2D eigenvalue weighted by molar-refractivity contribution is 7.14. The summed E-state index contributed by atoms with van der Waals surface area (Å²) in [5.41, 5.74) is 1.11. The Hall–Kier alpha value is -2.67. The Balaban J connectivity index is 1.37. The lowest BCUT2D eigenvalue weighted by Gasteiger charge is -2.36. The molecule has 7 heteroatoms. The van der Waals surface area contributed by atoms with Gasteiger partial charge in [0.1, 0.15) is 11.5 Å². The molecule has 1 aliphatic heterocycles. The Bertz CT molecular complexity index is 883. The van der Waals surface area contributed by atoms with Gasteiger partial charge in [0.25, 0.3) is 0 Å². The molecule has 6 nitrogen and oxygen atoms in total. The second kappa shape index (κ2) is 10.4. The van der Waals surface area contributed by atoms with Gasteiger partial charge in [-0.3, -0.25) is 14.4 Å². The number of hydrogen-bond acceptors (Lipinski definition) is 6. The van der Waals surface area contributed by atoms with Gasteiger partial charge in [0.05, 0.1) is 12.0 Å². The maximum atomic E-state index is 12.5. The summed E-state index contributed by atoms with van der Waals surface area (Å²) in [4.78, 5) is 42.5. The van der Waals surface area contributed by atoms with Crippen LogP contribution in [0.2, 0.25) is 0 Å². The summed E-state index contributed by atoms with van der Waals surface area (Å²) in [6, 6.07) is 11.6. The summed E-state index contributed by atoms with van der Waals surface area (Å²) >= 11 is 1.45. The molecule has 30 heavy (non-hydrogen) atoms. The number of ketones is 2. The molecular weight excluding hydrogens is 400 g/mol. The maximum absolute atomic E-state index is 12.5. The van der Waals surface area contributed by atoms with Crippen molar-refractivity contribution in [1.82, 2.24) is 4.90 Å². The number of carbonyl (C=O) groups excluding carboxylic acids is 3. The zero-order chi connectivity index (χ0) is 21.5. The van der Waals surface area contributed by atoms with E-state index in [-0.39, 0.29) is 43.2 Å². The number of aryl methyl sites for hydroxylation is 1. The molecule has 0 spiro atoms. The number of Topliss-reactive ketones (excluding diaryl/α,β-unsaturated/α-hetero) is 2. The Morgan fingerprint density at radius 2 is 1.57 bits per heavy atom. The van der Waals surface area contributed by atoms with Crippen LogP contribution < -0.4 is 9.64 Å². The Morgan fingerprint density at radius 3 is 2.17 bits per heavy atom. The quantitative estimate of drug-likeness (QED) is 0.570. The molecule has 0 radical (unpaired) electrons. The molecule has 1 fully saturated rings. The molecule has 0 N–H and O–H groups in total. The van der Waals surface area contributed by atoms with Gasteiger partial charge in [0.2, 0.25) is 5.91 Å². The SMILES string of the molecule is COc1ccc(N2CCN(C(=O)CCC(=O)CCC(=O)c3ccc(C)s3)CC2)cc1. The van der Waals surface area contributed by atoms with Gasteiger partial charge >= 0.3 is 0 Å². The lowest BCUT2D eigenvalue weighted by molar-refractivity contribution is -0.133. The minimum atomic E-state index is -0.0261. The van der Waals surface area contributed by atoms with Crippen molar-refractivity contribution in [2.75, 3.05) is 38.2 Å². The number of hydrogen-bond donors (Lipinski definition) is 0. The lowest BCUT2D eigenvalue weighted by atomic mass is 10.1. The predicted octanol–water partition coefficient (Wildman–Crippen LogP) is 3.73. The van der Waals surface area contributed by atoms with Crippen molar-refractivity contribution in [3.8, 4) is 5.75 Å². The van der Waals surface area contributed by atoms with Gasteiger partial charge in [0, 0.05) is 62.4 Å². The number of methoxy groups -OCH3 is 1. The van der Waals surface area contributed by atoms with Crippen LogP contribution in [0.4, 0.5) is 5.69 Å². The number of anilines is 1. The first-order chi connectivity index (χ1) is 14.5. The van der Waals surface area contributed by atoms with Gasteiger partial charge in [-0.25, -0.2) is 0 Å². The van der Waals surface area contributed by atoms with Crippen LogP contribution in [0.1, 0.15) is 40.2 Å². The van der Waals surface area contributed by atoms with Crippen LogP contribution in [0.25, 0.3) is 0 Å². The van der Waals surface area contributed by atoms with Gasteiger partial charge in [-0.15, -0.1) is 11.3 Å². The van der Waals surface area contributed by atoms with Gasteiger partial charge in [-0.1, -0.05) is 0 Å². The molecule has 3 rings (SSSR count). The first-order valence-corrected chi connectivity index (χ1v) is 11.1. The van der Waals surface area contributed by atoms with E-state index in [9.17, 15) is 14.4 Å². The van der Waals surface area contributed by atoms with Crippen molar-refractivity contribution in [3.05, 3.63) is 46.2 Å². The summed E-state index contributed by atoms with van der Waals surface area (Å²) < 4.78 is 5.19. The van der Waals surface area contributed by atoms with Gasteiger partial charge < -0.3 is 14.5 Å². The van der Waals surface area contributed by atoms with Crippen molar-refractivity contribution in [1.29, 1.82) is 0 Å². The number of thiophene rings is 1. The molecule has 2 heterocycles. The third-order valence-corrected chi connectivity index (χ3v) is 6.38. The van der Waals surface area contributed by atoms with E-state index in [0.29, 0.717) is 18.0 Å². The van der Waals surface area contributed by atoms with Crippen LogP contribution in [0, 0.1) is 6.92 Å². The van der Waals surface area contributed by atoms with Crippen LogP contribution in [-0.4, -0.2) is 55.7 Å². The van der Waals surface area contributed by atoms with E-state index in [1.807, 2.05) is 48.2 Å². The molecule has 0 unspecified atom stereocenters. The van der Waals surface area contributed by atoms with Crippen molar-refractivity contribution in [2.24, 2.45) is 0 Å². The molecule has 1 saturated heterocycles. The molecule has 1 aromatic carbocycles. The Kier molecular flexibility index (Phi) is 7.63. The Morgan fingerprint density at radius 1 is 0.900 bits per heavy atom. The molecule has 1 aromatic heterocycles. The highest BCUT2D eigenvalue weighted by atomic mass is 32.1. The molecule has 160 valence electrons. The summed E-state index contributed by atoms with van der Waals surface area (Å²) in [6.45, 7) is 4.78. The standard InChI is InChI=1S/C23H28N2O4S/c1-17-3-11-22(30-17)21(27)10-6-19(26)7-12-23(28)25-15-13-24(14-16-25)18-4-8-20(29-2)9-5-18/h3-5,8-9,11H,6-7,10,12-16H2,1-2H3. The monoisotopic (exact) mass is 428 g/mol. The summed E-state index contributed by atoms with van der Waals surface area (Å²) in [6.07, 6.45) is 0.837. The fraction of sp³-hybridized carbons (Fsp3) is 0.435. The molecule has 0 saturated carbocycles. The molecule has 1 aliphatic rings. The molecular formula is C23H28N2O4S. The van der Waals surface area contributed by atoms with E-state index in [0.717, 1.165) is 29.4 Å². The minimum absolute atomic E-state index is 0.00225. The summed E-state index contributed by atoms with van der Waals surface area (Å²) in [7, 11) is 1.65. The second-order valence-electron chi connectivity index (χ2n) is 7.44. The van der Waals surface area contributed by atoms with Crippen molar-refractivity contribution in [2.45, 2.75) is 32.6 Å². The van der Waals surface area contributed by atoms with Crippen LogP contribution >= 0.6 is 11.3 Å². The molecule has 0 bridgehead atoms. The molecule has 0 atom stereocenters.